The summed E-state index contributed by atoms with van der Waals surface area (Å²) in [5, 5.41) is 20.3. The fourth-order valence-corrected chi connectivity index (χ4v) is 3.67. The van der Waals surface area contributed by atoms with Crippen LogP contribution in [0.1, 0.15) is 30.4 Å². The molecule has 1 aliphatic carbocycles. The molecule has 2 aliphatic rings. The van der Waals surface area contributed by atoms with Gasteiger partial charge in [0.2, 0.25) is 0 Å². The van der Waals surface area contributed by atoms with Gasteiger partial charge in [-0.25, -0.2) is 0 Å². The van der Waals surface area contributed by atoms with Crippen molar-refractivity contribution in [3.05, 3.63) is 71.8 Å². The maximum atomic E-state index is 11.3. The highest BCUT2D eigenvalue weighted by atomic mass is 16.3. The molecule has 2 atom stereocenters. The Bertz CT molecular complexity index is 737. The second-order valence-electron chi connectivity index (χ2n) is 6.03. The molecule has 3 nitrogen and oxygen atoms in total. The quantitative estimate of drug-likeness (QED) is 0.905. The molecule has 1 aliphatic heterocycles. The minimum absolute atomic E-state index is 0.0302. The third kappa shape index (κ3) is 2.01. The molecule has 22 heavy (non-hydrogen) atoms. The van der Waals surface area contributed by atoms with Crippen molar-refractivity contribution in [3.63, 3.8) is 0 Å². The van der Waals surface area contributed by atoms with E-state index in [1.807, 2.05) is 60.7 Å². The topological polar surface area (TPSA) is 45.0 Å². The summed E-state index contributed by atoms with van der Waals surface area (Å²) < 4.78 is 0. The van der Waals surface area contributed by atoms with Crippen LogP contribution in [0.4, 0.5) is 0 Å². The van der Waals surface area contributed by atoms with Gasteiger partial charge in [0, 0.05) is 11.5 Å². The molecule has 0 radical (unpaired) electrons. The highest BCUT2D eigenvalue weighted by Gasteiger charge is 2.50. The summed E-state index contributed by atoms with van der Waals surface area (Å²) in [6.45, 7) is 0. The Balaban J connectivity index is 1.84. The maximum Gasteiger partial charge on any atom is 0.117 e. The van der Waals surface area contributed by atoms with E-state index in [2.05, 4.69) is 10.2 Å². The molecule has 3 heteroatoms. The molecule has 0 amide bonds. The van der Waals surface area contributed by atoms with Crippen molar-refractivity contribution < 1.29 is 5.11 Å². The van der Waals surface area contributed by atoms with Gasteiger partial charge in [-0.2, -0.15) is 10.2 Å². The fraction of sp³-hybridized carbons (Fsp3) is 0.263. The summed E-state index contributed by atoms with van der Waals surface area (Å²) in [6.07, 6.45) is 2.70. The van der Waals surface area contributed by atoms with E-state index in [1.165, 1.54) is 0 Å². The second-order valence-corrected chi connectivity index (χ2v) is 6.03. The number of nitrogens with zero attached hydrogens (tertiary/aromatic N) is 2. The summed E-state index contributed by atoms with van der Waals surface area (Å²) in [5.74, 6) is 0.0302. The van der Waals surface area contributed by atoms with E-state index in [0.29, 0.717) is 0 Å². The number of aliphatic hydroxyl groups is 1. The number of benzene rings is 2. The van der Waals surface area contributed by atoms with Gasteiger partial charge in [0.05, 0.1) is 5.71 Å². The molecule has 0 spiro atoms. The van der Waals surface area contributed by atoms with Crippen molar-refractivity contribution in [1.29, 1.82) is 0 Å². The van der Waals surface area contributed by atoms with Gasteiger partial charge >= 0.3 is 0 Å². The Hall–Kier alpha value is -2.26. The molecule has 4 rings (SSSR count). The molecule has 0 saturated heterocycles. The summed E-state index contributed by atoms with van der Waals surface area (Å²) in [7, 11) is 0. The Morgan fingerprint density at radius 1 is 0.864 bits per heavy atom. The smallest absolute Gasteiger partial charge is 0.117 e. The van der Waals surface area contributed by atoms with Crippen LogP contribution in [0, 0.1) is 5.92 Å². The minimum atomic E-state index is -0.895. The second kappa shape index (κ2) is 5.18. The van der Waals surface area contributed by atoms with Crippen molar-refractivity contribution >= 4 is 11.4 Å². The highest BCUT2D eigenvalue weighted by Crippen LogP contribution is 2.42. The number of hydrogen-bond donors (Lipinski definition) is 1. The van der Waals surface area contributed by atoms with Crippen LogP contribution in [0.25, 0.3) is 0 Å². The van der Waals surface area contributed by atoms with Crippen molar-refractivity contribution in [2.24, 2.45) is 16.1 Å². The summed E-state index contributed by atoms with van der Waals surface area (Å²) >= 11 is 0. The van der Waals surface area contributed by atoms with Crippen LogP contribution in [-0.4, -0.2) is 22.1 Å². The Morgan fingerprint density at radius 2 is 1.50 bits per heavy atom. The van der Waals surface area contributed by atoms with Gasteiger partial charge in [-0.15, -0.1) is 0 Å². The zero-order chi connectivity index (χ0) is 15.0. The molecule has 1 saturated carbocycles. The third-order valence-corrected chi connectivity index (χ3v) is 4.74. The Labute approximate surface area is 130 Å². The molecule has 0 bridgehead atoms. The zero-order valence-electron chi connectivity index (χ0n) is 12.3. The van der Waals surface area contributed by atoms with E-state index in [9.17, 15) is 5.11 Å². The summed E-state index contributed by atoms with van der Waals surface area (Å²) in [5.41, 5.74) is 2.76. The average molecular weight is 290 g/mol. The van der Waals surface area contributed by atoms with Crippen LogP contribution in [0.2, 0.25) is 0 Å². The van der Waals surface area contributed by atoms with E-state index in [0.717, 1.165) is 41.8 Å². The van der Waals surface area contributed by atoms with Crippen molar-refractivity contribution in [1.82, 2.24) is 0 Å². The lowest BCUT2D eigenvalue weighted by Crippen LogP contribution is -2.48. The molecule has 2 aromatic rings. The van der Waals surface area contributed by atoms with Crippen LogP contribution in [0.3, 0.4) is 0 Å². The lowest BCUT2D eigenvalue weighted by Gasteiger charge is -2.34. The van der Waals surface area contributed by atoms with Crippen LogP contribution in [0.5, 0.6) is 0 Å². The van der Waals surface area contributed by atoms with Crippen molar-refractivity contribution in [2.45, 2.75) is 24.9 Å². The first kappa shape index (κ1) is 13.4. The molecule has 0 unspecified atom stereocenters. The van der Waals surface area contributed by atoms with Gasteiger partial charge in [-0.05, 0) is 24.8 Å². The molecule has 1 heterocycles. The first-order chi connectivity index (χ1) is 10.8. The van der Waals surface area contributed by atoms with Crippen LogP contribution >= 0.6 is 0 Å². The normalized spacial score (nSPS) is 27.0. The lowest BCUT2D eigenvalue weighted by molar-refractivity contribution is 0.0957. The molecule has 1 fully saturated rings. The maximum absolute atomic E-state index is 11.3. The van der Waals surface area contributed by atoms with Crippen molar-refractivity contribution in [2.75, 3.05) is 0 Å². The Kier molecular flexibility index (Phi) is 3.16. The molecule has 0 aromatic heterocycles. The number of rotatable bonds is 2. The summed E-state index contributed by atoms with van der Waals surface area (Å²) in [4.78, 5) is 0. The zero-order valence-corrected chi connectivity index (χ0v) is 12.3. The Morgan fingerprint density at radius 3 is 2.18 bits per heavy atom. The average Bonchev–Trinajstić information content (AvgIpc) is 2.98. The van der Waals surface area contributed by atoms with Gasteiger partial charge in [0.15, 0.2) is 0 Å². The molecular weight excluding hydrogens is 272 g/mol. The number of fused-ring (bicyclic) bond motifs is 1. The van der Waals surface area contributed by atoms with E-state index >= 15 is 0 Å². The van der Waals surface area contributed by atoms with Gasteiger partial charge in [-0.3, -0.25) is 0 Å². The van der Waals surface area contributed by atoms with E-state index in [1.54, 1.807) is 0 Å². The van der Waals surface area contributed by atoms with Crippen LogP contribution < -0.4 is 0 Å². The van der Waals surface area contributed by atoms with E-state index in [4.69, 9.17) is 0 Å². The first-order valence-corrected chi connectivity index (χ1v) is 7.78. The highest BCUT2D eigenvalue weighted by molar-refractivity contribution is 6.15. The molecule has 110 valence electrons. The van der Waals surface area contributed by atoms with Gasteiger partial charge in [0.1, 0.15) is 11.3 Å². The minimum Gasteiger partial charge on any atom is -0.383 e. The number of hydrogen-bond acceptors (Lipinski definition) is 3. The third-order valence-electron chi connectivity index (χ3n) is 4.74. The SMILES string of the molecule is O[C@]12CCC[C@H]1C(c1ccccc1)=NN=C2c1ccccc1. The standard InChI is InChI=1S/C19H18N2O/c22-19-13-7-12-16(19)17(14-8-3-1-4-9-14)20-21-18(19)15-10-5-2-6-11-15/h1-6,8-11,16,22H,7,12-13H2/t16-,19+/m0/s1. The van der Waals surface area contributed by atoms with Gasteiger partial charge in [-0.1, -0.05) is 60.7 Å². The molecule has 2 aromatic carbocycles. The van der Waals surface area contributed by atoms with Gasteiger partial charge < -0.3 is 5.11 Å². The predicted octanol–water partition coefficient (Wildman–Crippen LogP) is 3.42. The van der Waals surface area contributed by atoms with Crippen LogP contribution in [-0.2, 0) is 0 Å². The van der Waals surface area contributed by atoms with E-state index in [-0.39, 0.29) is 5.92 Å². The monoisotopic (exact) mass is 290 g/mol. The van der Waals surface area contributed by atoms with Gasteiger partial charge in [0.25, 0.3) is 0 Å². The fourth-order valence-electron chi connectivity index (χ4n) is 3.67. The molecular formula is C19H18N2O. The molecule has 1 N–H and O–H groups in total. The van der Waals surface area contributed by atoms with Crippen LogP contribution in [0.15, 0.2) is 70.9 Å². The summed E-state index contributed by atoms with van der Waals surface area (Å²) in [6, 6.07) is 20.0. The van der Waals surface area contributed by atoms with E-state index < -0.39 is 5.60 Å². The van der Waals surface area contributed by atoms with Crippen molar-refractivity contribution in [3.8, 4) is 0 Å². The predicted molar refractivity (Wildman–Crippen MR) is 88.2 cm³/mol. The first-order valence-electron chi connectivity index (χ1n) is 7.78. The lowest BCUT2D eigenvalue weighted by atomic mass is 9.78. The largest absolute Gasteiger partial charge is 0.383 e.